The maximum Gasteiger partial charge on any atom is 0.160 e. The van der Waals surface area contributed by atoms with Gasteiger partial charge in [-0.3, -0.25) is 0 Å². The Balaban J connectivity index is 2.55. The predicted octanol–water partition coefficient (Wildman–Crippen LogP) is 3.16. The summed E-state index contributed by atoms with van der Waals surface area (Å²) in [5, 5.41) is -0.160. The monoisotopic (exact) mass is 267 g/mol. The number of alkyl halides is 1. The summed E-state index contributed by atoms with van der Waals surface area (Å²) in [6.07, 6.45) is 1.77. The lowest BCUT2D eigenvalue weighted by atomic mass is 10.1. The van der Waals surface area contributed by atoms with Gasteiger partial charge in [0.2, 0.25) is 0 Å². The van der Waals surface area contributed by atoms with Gasteiger partial charge >= 0.3 is 0 Å². The van der Waals surface area contributed by atoms with Crippen LogP contribution in [0.15, 0.2) is 18.3 Å². The molecular formula is C13H18ClN3O. The van der Waals surface area contributed by atoms with Crippen molar-refractivity contribution in [3.05, 3.63) is 24.2 Å². The summed E-state index contributed by atoms with van der Waals surface area (Å²) in [6.45, 7) is 6.65. The van der Waals surface area contributed by atoms with Crippen LogP contribution in [0.1, 0.15) is 32.0 Å². The molecule has 5 heteroatoms. The molecule has 0 spiro atoms. The van der Waals surface area contributed by atoms with E-state index in [0.29, 0.717) is 6.54 Å². The minimum absolute atomic E-state index is 0.160. The molecule has 0 aliphatic rings. The van der Waals surface area contributed by atoms with Crippen LogP contribution in [0.25, 0.3) is 11.2 Å². The van der Waals surface area contributed by atoms with E-state index in [1.54, 1.807) is 13.3 Å². The van der Waals surface area contributed by atoms with Crippen LogP contribution in [0.2, 0.25) is 0 Å². The predicted molar refractivity (Wildman–Crippen MR) is 72.9 cm³/mol. The second-order valence-corrected chi connectivity index (χ2v) is 5.64. The molecule has 0 radical (unpaired) electrons. The fourth-order valence-corrected chi connectivity index (χ4v) is 2.05. The quantitative estimate of drug-likeness (QED) is 0.799. The molecule has 0 fully saturated rings. The molecule has 0 aromatic carbocycles. The highest BCUT2D eigenvalue weighted by molar-refractivity contribution is 6.20. The van der Waals surface area contributed by atoms with Gasteiger partial charge in [-0.1, -0.05) is 0 Å². The number of fused-ring (bicyclic) bond motifs is 1. The molecule has 1 unspecified atom stereocenters. The summed E-state index contributed by atoms with van der Waals surface area (Å²) in [5.41, 5.74) is 1.43. The molecule has 0 amide bonds. The summed E-state index contributed by atoms with van der Waals surface area (Å²) in [4.78, 5) is 8.93. The van der Waals surface area contributed by atoms with Gasteiger partial charge in [-0.05, 0) is 32.9 Å². The van der Waals surface area contributed by atoms with E-state index in [1.807, 2.05) is 37.5 Å². The third kappa shape index (κ3) is 2.49. The van der Waals surface area contributed by atoms with E-state index in [2.05, 4.69) is 9.97 Å². The van der Waals surface area contributed by atoms with E-state index in [0.717, 1.165) is 17.0 Å². The third-order valence-electron chi connectivity index (χ3n) is 2.98. The van der Waals surface area contributed by atoms with Crippen LogP contribution in [0.3, 0.4) is 0 Å². The smallest absolute Gasteiger partial charge is 0.160 e. The first kappa shape index (κ1) is 13.3. The second kappa shape index (κ2) is 4.86. The number of ether oxygens (including phenoxy) is 1. The zero-order valence-corrected chi connectivity index (χ0v) is 11.9. The van der Waals surface area contributed by atoms with Crippen molar-refractivity contribution in [3.8, 4) is 0 Å². The van der Waals surface area contributed by atoms with E-state index in [4.69, 9.17) is 16.3 Å². The SMILES string of the molecule is COC(C)(C)Cn1c(C(C)Cl)nc2cccnc21. The Morgan fingerprint density at radius 3 is 2.83 bits per heavy atom. The summed E-state index contributed by atoms with van der Waals surface area (Å²) < 4.78 is 7.51. The van der Waals surface area contributed by atoms with Gasteiger partial charge in [-0.2, -0.15) is 0 Å². The van der Waals surface area contributed by atoms with Crippen molar-refractivity contribution in [1.29, 1.82) is 0 Å². The van der Waals surface area contributed by atoms with Crippen LogP contribution in [-0.4, -0.2) is 27.2 Å². The van der Waals surface area contributed by atoms with Crippen molar-refractivity contribution in [2.45, 2.75) is 38.3 Å². The van der Waals surface area contributed by atoms with E-state index in [1.165, 1.54) is 0 Å². The van der Waals surface area contributed by atoms with E-state index >= 15 is 0 Å². The van der Waals surface area contributed by atoms with E-state index in [-0.39, 0.29) is 11.0 Å². The molecule has 0 aliphatic heterocycles. The molecule has 0 bridgehead atoms. The van der Waals surface area contributed by atoms with Gasteiger partial charge in [-0.25, -0.2) is 9.97 Å². The van der Waals surface area contributed by atoms with E-state index in [9.17, 15) is 0 Å². The topological polar surface area (TPSA) is 39.9 Å². The number of hydrogen-bond acceptors (Lipinski definition) is 3. The maximum atomic E-state index is 6.20. The molecule has 1 atom stereocenters. The summed E-state index contributed by atoms with van der Waals surface area (Å²) in [5.74, 6) is 0.829. The Labute approximate surface area is 112 Å². The molecule has 2 rings (SSSR count). The Hall–Kier alpha value is -1.13. The molecule has 4 nitrogen and oxygen atoms in total. The minimum atomic E-state index is -0.286. The highest BCUT2D eigenvalue weighted by Crippen LogP contribution is 2.25. The normalized spacial score (nSPS) is 14.1. The number of nitrogens with zero attached hydrogens (tertiary/aromatic N) is 3. The largest absolute Gasteiger partial charge is 0.377 e. The zero-order chi connectivity index (χ0) is 13.3. The molecule has 98 valence electrons. The number of hydrogen-bond donors (Lipinski definition) is 0. The lowest BCUT2D eigenvalue weighted by Crippen LogP contribution is -2.30. The van der Waals surface area contributed by atoms with Gasteiger partial charge in [0.25, 0.3) is 0 Å². The molecule has 2 heterocycles. The number of methoxy groups -OCH3 is 1. The second-order valence-electron chi connectivity index (χ2n) is 4.98. The third-order valence-corrected chi connectivity index (χ3v) is 3.18. The lowest BCUT2D eigenvalue weighted by Gasteiger charge is -2.24. The molecule has 2 aromatic rings. The van der Waals surface area contributed by atoms with Crippen molar-refractivity contribution >= 4 is 22.8 Å². The molecule has 0 saturated carbocycles. The summed E-state index contributed by atoms with van der Waals surface area (Å²) in [7, 11) is 1.70. The molecule has 2 aromatic heterocycles. The first-order chi connectivity index (χ1) is 8.44. The Morgan fingerprint density at radius 1 is 1.50 bits per heavy atom. The van der Waals surface area contributed by atoms with Crippen molar-refractivity contribution in [2.24, 2.45) is 0 Å². The first-order valence-corrected chi connectivity index (χ1v) is 6.38. The zero-order valence-electron chi connectivity index (χ0n) is 11.1. The van der Waals surface area contributed by atoms with E-state index < -0.39 is 0 Å². The Morgan fingerprint density at radius 2 is 2.22 bits per heavy atom. The fraction of sp³-hybridized carbons (Fsp3) is 0.538. The van der Waals surface area contributed by atoms with Crippen LogP contribution < -0.4 is 0 Å². The van der Waals surface area contributed by atoms with Gasteiger partial charge in [0.1, 0.15) is 11.3 Å². The lowest BCUT2D eigenvalue weighted by molar-refractivity contribution is 0.00831. The standard InChI is InChI=1S/C13H18ClN3O/c1-9(14)11-16-10-6-5-7-15-12(10)17(11)8-13(2,3)18-4/h5-7,9H,8H2,1-4H3. The summed E-state index contributed by atoms with van der Waals surface area (Å²) >= 11 is 6.20. The average molecular weight is 268 g/mol. The van der Waals surface area contributed by atoms with Crippen LogP contribution in [0.4, 0.5) is 0 Å². The van der Waals surface area contributed by atoms with Crippen LogP contribution in [0.5, 0.6) is 0 Å². The highest BCUT2D eigenvalue weighted by Gasteiger charge is 2.23. The fourth-order valence-electron chi connectivity index (χ4n) is 1.88. The molecule has 0 aliphatic carbocycles. The van der Waals surface area contributed by atoms with Crippen LogP contribution in [-0.2, 0) is 11.3 Å². The van der Waals surface area contributed by atoms with Crippen LogP contribution in [0, 0.1) is 0 Å². The van der Waals surface area contributed by atoms with Gasteiger partial charge in [0, 0.05) is 13.3 Å². The molecule has 18 heavy (non-hydrogen) atoms. The number of rotatable bonds is 4. The molecule has 0 saturated heterocycles. The van der Waals surface area contributed by atoms with Gasteiger partial charge in [0.15, 0.2) is 5.65 Å². The van der Waals surface area contributed by atoms with Crippen molar-refractivity contribution in [2.75, 3.05) is 7.11 Å². The maximum absolute atomic E-state index is 6.20. The molecular weight excluding hydrogens is 250 g/mol. The molecule has 0 N–H and O–H groups in total. The van der Waals surface area contributed by atoms with Crippen molar-refractivity contribution < 1.29 is 4.74 Å². The summed E-state index contributed by atoms with van der Waals surface area (Å²) in [6, 6.07) is 3.82. The number of pyridine rings is 1. The van der Waals surface area contributed by atoms with Gasteiger partial charge < -0.3 is 9.30 Å². The Kier molecular flexibility index (Phi) is 3.59. The van der Waals surface area contributed by atoms with Gasteiger partial charge in [-0.15, -0.1) is 11.6 Å². The number of halogens is 1. The number of imidazole rings is 1. The van der Waals surface area contributed by atoms with Gasteiger partial charge in [0.05, 0.1) is 17.5 Å². The first-order valence-electron chi connectivity index (χ1n) is 5.95. The average Bonchev–Trinajstić information content (AvgIpc) is 2.68. The van der Waals surface area contributed by atoms with Crippen molar-refractivity contribution in [3.63, 3.8) is 0 Å². The highest BCUT2D eigenvalue weighted by atomic mass is 35.5. The van der Waals surface area contributed by atoms with Crippen molar-refractivity contribution in [1.82, 2.24) is 14.5 Å². The Bertz CT molecular complexity index is 548. The number of aromatic nitrogens is 3. The van der Waals surface area contributed by atoms with Crippen LogP contribution >= 0.6 is 11.6 Å². The minimum Gasteiger partial charge on any atom is -0.377 e.